The minimum atomic E-state index is -0.241. The Morgan fingerprint density at radius 3 is 1.89 bits per heavy atom. The molecule has 0 aliphatic heterocycles. The fourth-order valence-corrected chi connectivity index (χ4v) is 0.720. The normalized spacial score (nSPS) is 8.89. The van der Waals surface area contributed by atoms with Crippen molar-refractivity contribution < 1.29 is 0 Å². The molecule has 1 aromatic heterocycles. The topological polar surface area (TPSA) is 84.6 Å². The van der Waals surface area contributed by atoms with E-state index in [1.165, 1.54) is 0 Å². The molecule has 9 heavy (non-hydrogen) atoms. The number of aromatic nitrogens is 2. The maximum absolute atomic E-state index is 9.70. The summed E-state index contributed by atoms with van der Waals surface area (Å²) in [4.78, 5) is 19.4. The lowest BCUT2D eigenvalue weighted by Crippen LogP contribution is -1.58. The van der Waals surface area contributed by atoms with Gasteiger partial charge < -0.3 is 0 Å². The van der Waals surface area contributed by atoms with Crippen molar-refractivity contribution in [2.24, 2.45) is 10.4 Å². The molecular weight excluding hydrogens is 144 g/mol. The molecule has 0 radical (unpaired) electrons. The van der Waals surface area contributed by atoms with Crippen LogP contribution in [0.25, 0.3) is 0 Å². The summed E-state index contributed by atoms with van der Waals surface area (Å²) in [5.41, 5.74) is 0. The first-order chi connectivity index (χ1) is 4.38. The van der Waals surface area contributed by atoms with E-state index in [-0.39, 0.29) is 11.6 Å². The summed E-state index contributed by atoms with van der Waals surface area (Å²) in [6, 6.07) is 0. The summed E-state index contributed by atoms with van der Waals surface area (Å²) in [7, 11) is 0. The molecule has 0 fully saturated rings. The molecule has 1 heterocycles. The Bertz CT molecular complexity index is 210. The van der Waals surface area contributed by atoms with Crippen LogP contribution in [0.2, 0.25) is 0 Å². The van der Waals surface area contributed by atoms with Crippen molar-refractivity contribution in [1.82, 2.24) is 8.75 Å². The number of hydrogen-bond acceptors (Lipinski definition) is 7. The van der Waals surface area contributed by atoms with Crippen LogP contribution in [0.5, 0.6) is 0 Å². The highest BCUT2D eigenvalue weighted by molar-refractivity contribution is 6.99. The van der Waals surface area contributed by atoms with Gasteiger partial charge in [0.2, 0.25) is 0 Å². The monoisotopic (exact) mass is 144 g/mol. The van der Waals surface area contributed by atoms with Gasteiger partial charge in [-0.3, -0.25) is 0 Å². The van der Waals surface area contributed by atoms with Crippen molar-refractivity contribution in [3.8, 4) is 0 Å². The maximum Gasteiger partial charge on any atom is 0.259 e. The molecule has 1 rings (SSSR count). The lowest BCUT2D eigenvalue weighted by atomic mass is 10.7. The summed E-state index contributed by atoms with van der Waals surface area (Å²) in [5, 5.41) is 4.79. The van der Waals surface area contributed by atoms with Gasteiger partial charge in [-0.25, -0.2) is 0 Å². The highest BCUT2D eigenvalue weighted by Crippen LogP contribution is 2.22. The average Bonchev–Trinajstić information content (AvgIpc) is 2.33. The van der Waals surface area contributed by atoms with Gasteiger partial charge in [0.25, 0.3) is 11.6 Å². The van der Waals surface area contributed by atoms with E-state index in [0.717, 1.165) is 11.7 Å². The van der Waals surface area contributed by atoms with Crippen LogP contribution in [0.15, 0.2) is 10.4 Å². The van der Waals surface area contributed by atoms with Crippen molar-refractivity contribution in [3.63, 3.8) is 0 Å². The quantitative estimate of drug-likeness (QED) is 0.586. The zero-order valence-corrected chi connectivity index (χ0v) is 4.83. The lowest BCUT2D eigenvalue weighted by molar-refractivity contribution is 1.33. The highest BCUT2D eigenvalue weighted by atomic mass is 32.1. The minimum Gasteiger partial charge on any atom is -0.147 e. The molecule has 6 nitrogen and oxygen atoms in total. The molecule has 0 aromatic carbocycles. The summed E-state index contributed by atoms with van der Waals surface area (Å²) in [6.45, 7) is 0. The molecule has 0 aliphatic carbocycles. The second kappa shape index (κ2) is 2.35. The molecule has 46 valence electrons. The Morgan fingerprint density at radius 2 is 1.56 bits per heavy atom. The Hall–Kier alpha value is -1.24. The standard InChI is InChI=1S/C2N4O2S/c7-3-1-2(4-8)6-9-5-1. The summed E-state index contributed by atoms with van der Waals surface area (Å²) >= 11 is 0.728. The van der Waals surface area contributed by atoms with Crippen LogP contribution in [0.1, 0.15) is 0 Å². The summed E-state index contributed by atoms with van der Waals surface area (Å²) < 4.78 is 6.73. The number of hydrogen-bond donors (Lipinski definition) is 0. The van der Waals surface area contributed by atoms with Gasteiger partial charge in [-0.05, 0) is 10.4 Å². The van der Waals surface area contributed by atoms with Crippen LogP contribution in [-0.2, 0) is 0 Å². The summed E-state index contributed by atoms with van der Waals surface area (Å²) in [5.74, 6) is -0.481. The van der Waals surface area contributed by atoms with E-state index >= 15 is 0 Å². The Kier molecular flexibility index (Phi) is 1.54. The van der Waals surface area contributed by atoms with Gasteiger partial charge in [-0.15, -0.1) is 18.6 Å². The van der Waals surface area contributed by atoms with Crippen molar-refractivity contribution >= 4 is 23.4 Å². The van der Waals surface area contributed by atoms with E-state index < -0.39 is 0 Å². The first-order valence-electron chi connectivity index (χ1n) is 1.87. The summed E-state index contributed by atoms with van der Waals surface area (Å²) in [6.07, 6.45) is 0. The third-order valence-electron chi connectivity index (χ3n) is 0.628. The van der Waals surface area contributed by atoms with Crippen LogP contribution in [0, 0.1) is 9.81 Å². The number of nitroso groups, excluding NO2 is 2. The van der Waals surface area contributed by atoms with Gasteiger partial charge in [0.15, 0.2) is 0 Å². The van der Waals surface area contributed by atoms with Gasteiger partial charge in [0.1, 0.15) is 0 Å². The van der Waals surface area contributed by atoms with Gasteiger partial charge in [0.05, 0.1) is 11.7 Å². The van der Waals surface area contributed by atoms with Crippen LogP contribution in [-0.4, -0.2) is 8.75 Å². The van der Waals surface area contributed by atoms with Gasteiger partial charge in [-0.2, -0.15) is 0 Å². The number of nitrogens with zero attached hydrogens (tertiary/aromatic N) is 4. The van der Waals surface area contributed by atoms with Gasteiger partial charge in [0, 0.05) is 0 Å². The van der Waals surface area contributed by atoms with Crippen LogP contribution >= 0.6 is 11.7 Å². The molecule has 0 atom stereocenters. The molecule has 1 aromatic rings. The smallest absolute Gasteiger partial charge is 0.147 e. The highest BCUT2D eigenvalue weighted by Gasteiger charge is 2.06. The van der Waals surface area contributed by atoms with E-state index in [0.29, 0.717) is 0 Å². The largest absolute Gasteiger partial charge is 0.259 e. The third kappa shape index (κ3) is 0.941. The predicted octanol–water partition coefficient (Wildman–Crippen LogP) is 1.33. The Labute approximate surface area is 53.2 Å². The van der Waals surface area contributed by atoms with Crippen molar-refractivity contribution in [3.05, 3.63) is 9.81 Å². The van der Waals surface area contributed by atoms with Crippen LogP contribution in [0.3, 0.4) is 0 Å². The molecule has 0 aliphatic rings. The van der Waals surface area contributed by atoms with Crippen molar-refractivity contribution in [2.75, 3.05) is 0 Å². The van der Waals surface area contributed by atoms with Gasteiger partial charge >= 0.3 is 0 Å². The first-order valence-corrected chi connectivity index (χ1v) is 2.61. The second-order valence-electron chi connectivity index (χ2n) is 1.09. The molecule has 0 unspecified atom stereocenters. The molecule has 7 heteroatoms. The molecule has 0 amide bonds. The fraction of sp³-hybridized carbons (Fsp3) is 0. The number of rotatable bonds is 2. The van der Waals surface area contributed by atoms with Crippen LogP contribution < -0.4 is 0 Å². The zero-order chi connectivity index (χ0) is 6.69. The van der Waals surface area contributed by atoms with Gasteiger partial charge in [-0.1, -0.05) is 0 Å². The molecule has 0 saturated carbocycles. The lowest BCUT2D eigenvalue weighted by Gasteiger charge is -1.71. The van der Waals surface area contributed by atoms with Crippen molar-refractivity contribution in [1.29, 1.82) is 0 Å². The van der Waals surface area contributed by atoms with E-state index in [1.54, 1.807) is 0 Å². The van der Waals surface area contributed by atoms with E-state index in [1.807, 2.05) is 0 Å². The SMILES string of the molecule is O=Nc1nsnc1N=O. The predicted molar refractivity (Wildman–Crippen MR) is 30.8 cm³/mol. The Morgan fingerprint density at radius 1 is 1.11 bits per heavy atom. The molecular formula is C2N4O2S. The van der Waals surface area contributed by atoms with E-state index in [2.05, 4.69) is 19.1 Å². The average molecular weight is 144 g/mol. The third-order valence-corrected chi connectivity index (χ3v) is 1.14. The molecule has 0 spiro atoms. The van der Waals surface area contributed by atoms with E-state index in [9.17, 15) is 9.81 Å². The van der Waals surface area contributed by atoms with Crippen LogP contribution in [0.4, 0.5) is 11.6 Å². The minimum absolute atomic E-state index is 0.241. The zero-order valence-electron chi connectivity index (χ0n) is 4.01. The second-order valence-corrected chi connectivity index (χ2v) is 1.62. The Balaban J connectivity index is 3.12. The molecule has 0 N–H and O–H groups in total. The fourth-order valence-electron chi connectivity index (χ4n) is 0.294. The first kappa shape index (κ1) is 5.89. The van der Waals surface area contributed by atoms with Crippen molar-refractivity contribution in [2.45, 2.75) is 0 Å². The molecule has 0 saturated heterocycles. The maximum atomic E-state index is 9.70. The molecule has 0 bridgehead atoms. The van der Waals surface area contributed by atoms with E-state index in [4.69, 9.17) is 0 Å².